The molecule has 4 nitrogen and oxygen atoms in total. The van der Waals surface area contributed by atoms with E-state index < -0.39 is 15.3 Å². The van der Waals surface area contributed by atoms with E-state index in [1.165, 1.54) is 0 Å². The van der Waals surface area contributed by atoms with Crippen LogP contribution >= 0.6 is 15.9 Å². The highest BCUT2D eigenvalue weighted by Crippen LogP contribution is 2.24. The second kappa shape index (κ2) is 5.69. The summed E-state index contributed by atoms with van der Waals surface area (Å²) in [5, 5.41) is 4.80. The summed E-state index contributed by atoms with van der Waals surface area (Å²) in [6.07, 6.45) is 1.16. The molecule has 1 aliphatic heterocycles. The zero-order chi connectivity index (χ0) is 13.2. The molecule has 0 aromatic heterocycles. The normalized spacial score (nSPS) is 25.0. The fourth-order valence-corrected chi connectivity index (χ4v) is 3.72. The molecule has 0 spiro atoms. The molecule has 100 valence electrons. The van der Waals surface area contributed by atoms with Gasteiger partial charge in [-0.25, -0.2) is 13.6 Å². The van der Waals surface area contributed by atoms with Gasteiger partial charge in [0, 0.05) is 17.0 Å². The van der Waals surface area contributed by atoms with E-state index in [9.17, 15) is 8.42 Å². The number of halogens is 1. The number of ether oxygens (including phenoxy) is 1. The van der Waals surface area contributed by atoms with Gasteiger partial charge in [-0.1, -0.05) is 28.1 Å². The minimum atomic E-state index is -3.49. The molecule has 1 aliphatic rings. The van der Waals surface area contributed by atoms with Crippen molar-refractivity contribution in [2.24, 2.45) is 11.1 Å². The lowest BCUT2D eigenvalue weighted by Crippen LogP contribution is -2.42. The van der Waals surface area contributed by atoms with E-state index in [1.807, 2.05) is 24.3 Å². The Hall–Kier alpha value is -0.430. The Labute approximate surface area is 116 Å². The lowest BCUT2D eigenvalue weighted by molar-refractivity contribution is 0.0572. The van der Waals surface area contributed by atoms with Gasteiger partial charge in [-0.15, -0.1) is 0 Å². The summed E-state index contributed by atoms with van der Waals surface area (Å²) in [6.45, 7) is 0.926. The minimum Gasteiger partial charge on any atom is -0.381 e. The molecule has 2 N–H and O–H groups in total. The Morgan fingerprint density at radius 2 is 2.00 bits per heavy atom. The number of sulfonamides is 1. The fourth-order valence-electron chi connectivity index (χ4n) is 2.32. The first-order chi connectivity index (χ1) is 8.47. The van der Waals surface area contributed by atoms with E-state index in [0.29, 0.717) is 26.1 Å². The van der Waals surface area contributed by atoms with Gasteiger partial charge >= 0.3 is 0 Å². The number of benzene rings is 1. The lowest BCUT2D eigenvalue weighted by Gasteiger charge is -2.29. The first kappa shape index (κ1) is 14.0. The molecular weight excluding hydrogens is 318 g/mol. The van der Waals surface area contributed by atoms with Gasteiger partial charge in [-0.2, -0.15) is 0 Å². The molecule has 2 rings (SSSR count). The lowest BCUT2D eigenvalue weighted by atomic mass is 9.94. The Morgan fingerprint density at radius 3 is 2.61 bits per heavy atom. The topological polar surface area (TPSA) is 69.4 Å². The van der Waals surface area contributed by atoms with E-state index in [4.69, 9.17) is 9.88 Å². The standard InChI is InChI=1S/C12H16BrNO3S/c13-11-3-1-9(2-4-11)7-10-8-17-6-5-12(10)18(14,15)16/h1-4,10,12H,5-8H2,(H2,14,15,16)/t10-,12+/m0/s1. The van der Waals surface area contributed by atoms with Crippen molar-refractivity contribution in [3.8, 4) is 0 Å². The van der Waals surface area contributed by atoms with Crippen molar-refractivity contribution in [1.82, 2.24) is 0 Å². The van der Waals surface area contributed by atoms with Crippen molar-refractivity contribution < 1.29 is 13.2 Å². The Kier molecular flexibility index (Phi) is 4.42. The predicted molar refractivity (Wildman–Crippen MR) is 73.7 cm³/mol. The van der Waals surface area contributed by atoms with Gasteiger partial charge in [-0.05, 0) is 30.5 Å². The number of primary sulfonamides is 1. The van der Waals surface area contributed by atoms with Gasteiger partial charge in [0.05, 0.1) is 11.9 Å². The van der Waals surface area contributed by atoms with Crippen molar-refractivity contribution in [2.75, 3.05) is 13.2 Å². The molecule has 0 radical (unpaired) electrons. The zero-order valence-corrected chi connectivity index (χ0v) is 12.3. The summed E-state index contributed by atoms with van der Waals surface area (Å²) in [4.78, 5) is 0. The molecule has 0 unspecified atom stereocenters. The van der Waals surface area contributed by atoms with Crippen LogP contribution in [0.1, 0.15) is 12.0 Å². The second-order valence-electron chi connectivity index (χ2n) is 4.58. The largest absolute Gasteiger partial charge is 0.381 e. The van der Waals surface area contributed by atoms with Crippen LogP contribution in [0, 0.1) is 5.92 Å². The molecule has 18 heavy (non-hydrogen) atoms. The van der Waals surface area contributed by atoms with Crippen LogP contribution in [0.4, 0.5) is 0 Å². The van der Waals surface area contributed by atoms with Crippen LogP contribution in [0.2, 0.25) is 0 Å². The van der Waals surface area contributed by atoms with E-state index in [1.54, 1.807) is 0 Å². The van der Waals surface area contributed by atoms with Crippen molar-refractivity contribution >= 4 is 26.0 Å². The van der Waals surface area contributed by atoms with Gasteiger partial charge in [0.2, 0.25) is 10.0 Å². The molecule has 1 aromatic rings. The van der Waals surface area contributed by atoms with Crippen LogP contribution in [0.15, 0.2) is 28.7 Å². The summed E-state index contributed by atoms with van der Waals surface area (Å²) in [7, 11) is -3.49. The third-order valence-electron chi connectivity index (χ3n) is 3.24. The number of hydrogen-bond donors (Lipinski definition) is 1. The second-order valence-corrected chi connectivity index (χ2v) is 7.28. The summed E-state index contributed by atoms with van der Waals surface area (Å²) in [5.41, 5.74) is 1.10. The van der Waals surface area contributed by atoms with Gasteiger partial charge < -0.3 is 4.74 Å². The van der Waals surface area contributed by atoms with E-state index in [2.05, 4.69) is 15.9 Å². The minimum absolute atomic E-state index is 0.0603. The SMILES string of the molecule is NS(=O)(=O)[C@@H]1CCOC[C@@H]1Cc1ccc(Br)cc1. The molecule has 0 saturated carbocycles. The number of rotatable bonds is 3. The Bertz CT molecular complexity index is 501. The van der Waals surface area contributed by atoms with Gasteiger partial charge in [0.15, 0.2) is 0 Å². The maximum atomic E-state index is 11.6. The highest BCUT2D eigenvalue weighted by atomic mass is 79.9. The Morgan fingerprint density at radius 1 is 1.33 bits per heavy atom. The maximum Gasteiger partial charge on any atom is 0.212 e. The first-order valence-electron chi connectivity index (χ1n) is 5.80. The van der Waals surface area contributed by atoms with Crippen LogP contribution in [0.3, 0.4) is 0 Å². The Balaban J connectivity index is 2.13. The number of hydrogen-bond acceptors (Lipinski definition) is 3. The van der Waals surface area contributed by atoms with E-state index in [0.717, 1.165) is 10.0 Å². The first-order valence-corrected chi connectivity index (χ1v) is 8.21. The molecule has 2 atom stereocenters. The number of nitrogens with two attached hydrogens (primary N) is 1. The van der Waals surface area contributed by atoms with Crippen LogP contribution in [0.25, 0.3) is 0 Å². The molecular formula is C12H16BrNO3S. The van der Waals surface area contributed by atoms with E-state index in [-0.39, 0.29) is 5.92 Å². The molecule has 1 fully saturated rings. The summed E-state index contributed by atoms with van der Waals surface area (Å²) >= 11 is 3.37. The third-order valence-corrected chi connectivity index (χ3v) is 5.23. The smallest absolute Gasteiger partial charge is 0.212 e. The summed E-state index contributed by atoms with van der Waals surface area (Å²) in [5.74, 6) is -0.0603. The van der Waals surface area contributed by atoms with Gasteiger partial charge in [0.25, 0.3) is 0 Å². The molecule has 1 heterocycles. The molecule has 0 amide bonds. The third kappa shape index (κ3) is 3.54. The van der Waals surface area contributed by atoms with Crippen molar-refractivity contribution in [3.63, 3.8) is 0 Å². The van der Waals surface area contributed by atoms with Crippen LogP contribution in [0.5, 0.6) is 0 Å². The zero-order valence-electron chi connectivity index (χ0n) is 9.88. The molecule has 1 saturated heterocycles. The average molecular weight is 334 g/mol. The van der Waals surface area contributed by atoms with Gasteiger partial charge in [-0.3, -0.25) is 0 Å². The van der Waals surface area contributed by atoms with Crippen LogP contribution in [-0.2, 0) is 21.2 Å². The monoisotopic (exact) mass is 333 g/mol. The summed E-state index contributed by atoms with van der Waals surface area (Å²) in [6, 6.07) is 7.87. The summed E-state index contributed by atoms with van der Waals surface area (Å²) < 4.78 is 29.5. The molecule has 6 heteroatoms. The van der Waals surface area contributed by atoms with Crippen molar-refractivity contribution in [3.05, 3.63) is 34.3 Å². The van der Waals surface area contributed by atoms with Crippen molar-refractivity contribution in [1.29, 1.82) is 0 Å². The molecule has 0 aliphatic carbocycles. The highest BCUT2D eigenvalue weighted by molar-refractivity contribution is 9.10. The van der Waals surface area contributed by atoms with Crippen LogP contribution < -0.4 is 5.14 Å². The fraction of sp³-hybridized carbons (Fsp3) is 0.500. The quantitative estimate of drug-likeness (QED) is 0.914. The molecule has 1 aromatic carbocycles. The highest BCUT2D eigenvalue weighted by Gasteiger charge is 2.33. The van der Waals surface area contributed by atoms with Crippen molar-refractivity contribution in [2.45, 2.75) is 18.1 Å². The predicted octanol–water partition coefficient (Wildman–Crippen LogP) is 1.69. The molecule has 0 bridgehead atoms. The maximum absolute atomic E-state index is 11.6. The average Bonchev–Trinajstić information content (AvgIpc) is 2.31. The van der Waals surface area contributed by atoms with Gasteiger partial charge in [0.1, 0.15) is 0 Å². The van der Waals surface area contributed by atoms with Crippen LogP contribution in [-0.4, -0.2) is 26.9 Å². The van der Waals surface area contributed by atoms with E-state index >= 15 is 0 Å².